The lowest BCUT2D eigenvalue weighted by atomic mass is 9.92. The highest BCUT2D eigenvalue weighted by Crippen LogP contribution is 2.40. The molecule has 3 aromatic rings. The monoisotopic (exact) mass is 415 g/mol. The minimum Gasteiger partial charge on any atom is -0.507 e. The van der Waals surface area contributed by atoms with Crippen molar-refractivity contribution >= 4 is 28.2 Å². The van der Waals surface area contributed by atoms with Crippen LogP contribution in [0.2, 0.25) is 0 Å². The van der Waals surface area contributed by atoms with Crippen LogP contribution in [0, 0.1) is 6.92 Å². The number of ether oxygens (including phenoxy) is 1. The Balaban J connectivity index is 1.86. The fourth-order valence-electron chi connectivity index (χ4n) is 4.20. The second-order valence-corrected chi connectivity index (χ2v) is 7.76. The maximum Gasteiger partial charge on any atom is 0.295 e. The van der Waals surface area contributed by atoms with E-state index >= 15 is 0 Å². The summed E-state index contributed by atoms with van der Waals surface area (Å²) in [5.74, 6) is -1.39. The van der Waals surface area contributed by atoms with Crippen LogP contribution in [0.3, 0.4) is 0 Å². The van der Waals surface area contributed by atoms with E-state index in [0.717, 1.165) is 21.9 Å². The molecule has 1 aliphatic rings. The average Bonchev–Trinajstić information content (AvgIpc) is 3.03. The molecule has 1 atom stereocenters. The van der Waals surface area contributed by atoms with Crippen molar-refractivity contribution in [2.45, 2.75) is 19.4 Å². The van der Waals surface area contributed by atoms with Gasteiger partial charge in [-0.3, -0.25) is 9.59 Å². The van der Waals surface area contributed by atoms with Crippen LogP contribution in [0.15, 0.2) is 72.3 Å². The van der Waals surface area contributed by atoms with Gasteiger partial charge in [-0.25, -0.2) is 0 Å². The highest BCUT2D eigenvalue weighted by molar-refractivity contribution is 6.46. The molecule has 0 radical (unpaired) electrons. The van der Waals surface area contributed by atoms with Crippen LogP contribution in [0.5, 0.6) is 0 Å². The van der Waals surface area contributed by atoms with Gasteiger partial charge in [0, 0.05) is 25.8 Å². The van der Waals surface area contributed by atoms with Gasteiger partial charge in [-0.2, -0.15) is 0 Å². The number of hydrogen-bond acceptors (Lipinski definition) is 4. The van der Waals surface area contributed by atoms with Crippen molar-refractivity contribution in [3.63, 3.8) is 0 Å². The van der Waals surface area contributed by atoms with Gasteiger partial charge in [0.2, 0.25) is 0 Å². The summed E-state index contributed by atoms with van der Waals surface area (Å²) >= 11 is 0. The lowest BCUT2D eigenvalue weighted by molar-refractivity contribution is -0.140. The number of aliphatic hydroxyl groups excluding tert-OH is 1. The van der Waals surface area contributed by atoms with Crippen molar-refractivity contribution in [1.29, 1.82) is 0 Å². The molecule has 3 aromatic carbocycles. The highest BCUT2D eigenvalue weighted by atomic mass is 16.5. The second kappa shape index (κ2) is 8.74. The Bertz CT molecular complexity index is 1180. The Morgan fingerprint density at radius 1 is 1.00 bits per heavy atom. The van der Waals surface area contributed by atoms with Crippen LogP contribution in [-0.4, -0.2) is 42.0 Å². The van der Waals surface area contributed by atoms with Gasteiger partial charge in [0.25, 0.3) is 11.7 Å². The van der Waals surface area contributed by atoms with Crippen LogP contribution in [0.25, 0.3) is 16.5 Å². The largest absolute Gasteiger partial charge is 0.507 e. The number of aliphatic hydroxyl groups is 1. The van der Waals surface area contributed by atoms with E-state index in [1.54, 1.807) is 18.1 Å². The number of nitrogens with zero attached hydrogens (tertiary/aromatic N) is 1. The number of rotatable bonds is 6. The van der Waals surface area contributed by atoms with E-state index in [1.165, 1.54) is 0 Å². The molecule has 5 nitrogen and oxygen atoms in total. The highest BCUT2D eigenvalue weighted by Gasteiger charge is 2.46. The molecule has 1 N–H and O–H groups in total. The summed E-state index contributed by atoms with van der Waals surface area (Å²) in [7, 11) is 1.60. The van der Waals surface area contributed by atoms with Crippen molar-refractivity contribution in [3.8, 4) is 0 Å². The molecule has 0 spiro atoms. The first-order valence-electron chi connectivity index (χ1n) is 10.3. The van der Waals surface area contributed by atoms with Crippen molar-refractivity contribution < 1.29 is 19.4 Å². The SMILES string of the molecule is COCCCN1C(=O)C(=O)/C(=C(/O)c2ccc3ccccc3c2)C1c1ccccc1C. The van der Waals surface area contributed by atoms with Crippen molar-refractivity contribution in [2.24, 2.45) is 0 Å². The zero-order valence-electron chi connectivity index (χ0n) is 17.7. The number of amides is 1. The van der Waals surface area contributed by atoms with Gasteiger partial charge in [-0.15, -0.1) is 0 Å². The lowest BCUT2D eigenvalue weighted by Crippen LogP contribution is -2.31. The minimum absolute atomic E-state index is 0.131. The summed E-state index contributed by atoms with van der Waals surface area (Å²) in [6.45, 7) is 2.79. The Kier molecular flexibility index (Phi) is 5.87. The smallest absolute Gasteiger partial charge is 0.295 e. The first-order chi connectivity index (χ1) is 15.0. The molecular weight excluding hydrogens is 390 g/mol. The molecule has 158 valence electrons. The van der Waals surface area contributed by atoms with Crippen LogP contribution >= 0.6 is 0 Å². The van der Waals surface area contributed by atoms with Gasteiger partial charge in [0.15, 0.2) is 0 Å². The van der Waals surface area contributed by atoms with Gasteiger partial charge in [-0.05, 0) is 41.3 Å². The van der Waals surface area contributed by atoms with Gasteiger partial charge in [0.05, 0.1) is 11.6 Å². The van der Waals surface area contributed by atoms with E-state index in [9.17, 15) is 14.7 Å². The topological polar surface area (TPSA) is 66.8 Å². The number of benzene rings is 3. The number of fused-ring (bicyclic) bond motifs is 1. The van der Waals surface area contributed by atoms with Crippen LogP contribution in [0.4, 0.5) is 0 Å². The summed E-state index contributed by atoms with van der Waals surface area (Å²) in [6.07, 6.45) is 0.599. The zero-order chi connectivity index (χ0) is 22.0. The minimum atomic E-state index is -0.656. The van der Waals surface area contributed by atoms with Gasteiger partial charge in [0.1, 0.15) is 5.76 Å². The molecule has 1 aliphatic heterocycles. The fourth-order valence-corrected chi connectivity index (χ4v) is 4.20. The van der Waals surface area contributed by atoms with E-state index < -0.39 is 17.7 Å². The molecule has 0 aromatic heterocycles. The summed E-state index contributed by atoms with van der Waals surface area (Å²) < 4.78 is 5.13. The molecule has 0 aliphatic carbocycles. The summed E-state index contributed by atoms with van der Waals surface area (Å²) in [5, 5.41) is 13.2. The van der Waals surface area contributed by atoms with Crippen LogP contribution in [-0.2, 0) is 14.3 Å². The Labute approximate surface area is 181 Å². The molecule has 1 fully saturated rings. The first-order valence-corrected chi connectivity index (χ1v) is 10.3. The second-order valence-electron chi connectivity index (χ2n) is 7.76. The molecule has 0 saturated carbocycles. The molecule has 1 unspecified atom stereocenters. The number of hydrogen-bond donors (Lipinski definition) is 1. The fraction of sp³-hybridized carbons (Fsp3) is 0.231. The van der Waals surface area contributed by atoms with Gasteiger partial charge >= 0.3 is 0 Å². The molecule has 1 amide bonds. The molecule has 31 heavy (non-hydrogen) atoms. The molecule has 4 rings (SSSR count). The Morgan fingerprint density at radius 2 is 1.71 bits per heavy atom. The van der Waals surface area contributed by atoms with E-state index in [-0.39, 0.29) is 11.3 Å². The molecule has 0 bridgehead atoms. The van der Waals surface area contributed by atoms with Crippen molar-refractivity contribution in [3.05, 3.63) is 89.0 Å². The summed E-state index contributed by atoms with van der Waals surface area (Å²) in [5.41, 5.74) is 2.44. The number of Topliss-reactive ketones (excluding diaryl/α,β-unsaturated/α-hetero) is 1. The van der Waals surface area contributed by atoms with Crippen molar-refractivity contribution in [1.82, 2.24) is 4.90 Å². The number of methoxy groups -OCH3 is 1. The predicted molar refractivity (Wildman–Crippen MR) is 121 cm³/mol. The van der Waals surface area contributed by atoms with Crippen LogP contribution in [0.1, 0.15) is 29.2 Å². The molecular formula is C26H25NO4. The quantitative estimate of drug-likeness (QED) is 0.276. The Hall–Kier alpha value is -3.44. The van der Waals surface area contributed by atoms with E-state index in [0.29, 0.717) is 25.1 Å². The first kappa shape index (κ1) is 20.8. The number of aryl methyl sites for hydroxylation is 1. The summed E-state index contributed by atoms with van der Waals surface area (Å²) in [4.78, 5) is 27.6. The lowest BCUT2D eigenvalue weighted by Gasteiger charge is -2.26. The third kappa shape index (κ3) is 3.84. The Morgan fingerprint density at radius 3 is 2.45 bits per heavy atom. The number of ketones is 1. The molecule has 1 saturated heterocycles. The summed E-state index contributed by atoms with van der Waals surface area (Å²) in [6, 6.07) is 20.4. The maximum absolute atomic E-state index is 13.1. The van der Waals surface area contributed by atoms with Crippen LogP contribution < -0.4 is 0 Å². The number of likely N-dealkylation sites (tertiary alicyclic amines) is 1. The molecule has 1 heterocycles. The normalized spacial score (nSPS) is 18.1. The maximum atomic E-state index is 13.1. The predicted octanol–water partition coefficient (Wildman–Crippen LogP) is 4.61. The third-order valence-electron chi connectivity index (χ3n) is 5.79. The van der Waals surface area contributed by atoms with Gasteiger partial charge in [-0.1, -0.05) is 60.7 Å². The van der Waals surface area contributed by atoms with Gasteiger partial charge < -0.3 is 14.7 Å². The van der Waals surface area contributed by atoms with E-state index in [2.05, 4.69) is 0 Å². The van der Waals surface area contributed by atoms with E-state index in [1.807, 2.05) is 67.6 Å². The number of carbonyl (C=O) groups is 2. The number of carbonyl (C=O) groups excluding carboxylic acids is 2. The average molecular weight is 415 g/mol. The molecule has 5 heteroatoms. The standard InChI is InChI=1S/C26H25NO4/c1-17-8-3-6-11-21(17)23-22(25(29)26(30)27(23)14-7-15-31-2)24(28)20-13-12-18-9-4-5-10-19(18)16-20/h3-6,8-13,16,23,28H,7,14-15H2,1-2H3/b24-22+. The van der Waals surface area contributed by atoms with E-state index in [4.69, 9.17) is 4.74 Å². The third-order valence-corrected chi connectivity index (χ3v) is 5.79. The van der Waals surface area contributed by atoms with Crippen molar-refractivity contribution in [2.75, 3.05) is 20.3 Å². The zero-order valence-corrected chi connectivity index (χ0v) is 17.7.